The van der Waals surface area contributed by atoms with Gasteiger partial charge in [-0.2, -0.15) is 0 Å². The third-order valence-corrected chi connectivity index (χ3v) is 7.13. The van der Waals surface area contributed by atoms with Crippen LogP contribution in [0, 0.1) is 0 Å². The van der Waals surface area contributed by atoms with Crippen molar-refractivity contribution in [1.29, 1.82) is 0 Å². The number of nitrogens with zero attached hydrogens (tertiary/aromatic N) is 3. The highest BCUT2D eigenvalue weighted by Crippen LogP contribution is 2.32. The minimum absolute atomic E-state index is 0.0233. The van der Waals surface area contributed by atoms with Gasteiger partial charge in [0.05, 0.1) is 17.6 Å². The average molecular weight is 418 g/mol. The van der Waals surface area contributed by atoms with Gasteiger partial charge in [-0.25, -0.2) is 18.4 Å². The number of imidazole rings is 1. The molecule has 2 N–H and O–H groups in total. The lowest BCUT2D eigenvalue weighted by atomic mass is 10.1. The molecule has 0 saturated heterocycles. The second-order valence-electron chi connectivity index (χ2n) is 6.51. The third-order valence-electron chi connectivity index (χ3n) is 4.39. The van der Waals surface area contributed by atoms with Gasteiger partial charge in [0.15, 0.2) is 9.34 Å². The number of para-hydroxylation sites is 1. The topological polar surface area (TPSA) is 106 Å². The number of aromatic nitrogens is 3. The van der Waals surface area contributed by atoms with Crippen molar-refractivity contribution >= 4 is 38.1 Å². The van der Waals surface area contributed by atoms with Crippen molar-refractivity contribution in [2.45, 2.75) is 36.9 Å². The number of rotatable bonds is 5. The first kappa shape index (κ1) is 18.6. The Labute approximate surface area is 166 Å². The number of hydrogen-bond acceptors (Lipinski definition) is 6. The van der Waals surface area contributed by atoms with Crippen LogP contribution in [-0.2, 0) is 27.8 Å². The Morgan fingerprint density at radius 1 is 1.25 bits per heavy atom. The fourth-order valence-corrected chi connectivity index (χ4v) is 5.28. The Morgan fingerprint density at radius 2 is 2.07 bits per heavy atom. The minimum Gasteiger partial charge on any atom is -0.334 e. The van der Waals surface area contributed by atoms with Gasteiger partial charge in [0.1, 0.15) is 5.82 Å². The minimum atomic E-state index is -3.84. The summed E-state index contributed by atoms with van der Waals surface area (Å²) in [5, 5.41) is 2.73. The number of carbonyl (C=O) groups excluding carboxylic acids is 1. The van der Waals surface area contributed by atoms with E-state index in [9.17, 15) is 13.2 Å². The molecule has 0 fully saturated rings. The lowest BCUT2D eigenvalue weighted by Gasteiger charge is -2.11. The third kappa shape index (κ3) is 3.78. The molecule has 1 aromatic carbocycles. The summed E-state index contributed by atoms with van der Waals surface area (Å²) >= 11 is 0.898. The quantitative estimate of drug-likeness (QED) is 0.663. The molecule has 0 unspecified atom stereocenters. The molecule has 10 heteroatoms. The van der Waals surface area contributed by atoms with Crippen LogP contribution in [0.2, 0.25) is 0 Å². The summed E-state index contributed by atoms with van der Waals surface area (Å²) < 4.78 is 30.4. The molecule has 146 valence electrons. The lowest BCUT2D eigenvalue weighted by Crippen LogP contribution is -2.12. The zero-order valence-electron chi connectivity index (χ0n) is 15.2. The summed E-state index contributed by atoms with van der Waals surface area (Å²) in [4.78, 5) is 19.8. The highest BCUT2D eigenvalue weighted by atomic mass is 32.2. The summed E-state index contributed by atoms with van der Waals surface area (Å²) in [7, 11) is -3.84. The molecule has 0 bridgehead atoms. The van der Waals surface area contributed by atoms with Crippen molar-refractivity contribution in [2.24, 2.45) is 0 Å². The Kier molecular flexibility index (Phi) is 4.90. The van der Waals surface area contributed by atoms with Crippen molar-refractivity contribution in [3.63, 3.8) is 0 Å². The molecule has 3 aromatic rings. The van der Waals surface area contributed by atoms with Gasteiger partial charge in [0, 0.05) is 31.6 Å². The Bertz CT molecular complexity index is 1110. The van der Waals surface area contributed by atoms with Gasteiger partial charge in [-0.15, -0.1) is 0 Å². The summed E-state index contributed by atoms with van der Waals surface area (Å²) in [5.41, 5.74) is 1.92. The predicted octanol–water partition coefficient (Wildman–Crippen LogP) is 3.10. The average Bonchev–Trinajstić information content (AvgIpc) is 3.28. The van der Waals surface area contributed by atoms with Crippen LogP contribution >= 0.6 is 11.3 Å². The number of aryl methyl sites for hydroxylation is 2. The van der Waals surface area contributed by atoms with Gasteiger partial charge in [-0.05, 0) is 18.9 Å². The van der Waals surface area contributed by atoms with E-state index in [2.05, 4.69) is 19.6 Å². The van der Waals surface area contributed by atoms with Crippen molar-refractivity contribution < 1.29 is 13.2 Å². The van der Waals surface area contributed by atoms with Crippen LogP contribution < -0.4 is 10.0 Å². The predicted molar refractivity (Wildman–Crippen MR) is 108 cm³/mol. The first-order valence-corrected chi connectivity index (χ1v) is 11.1. The lowest BCUT2D eigenvalue weighted by molar-refractivity contribution is -0.114. The Morgan fingerprint density at radius 3 is 2.86 bits per heavy atom. The van der Waals surface area contributed by atoms with E-state index in [1.165, 1.54) is 13.1 Å². The summed E-state index contributed by atoms with van der Waals surface area (Å²) in [6.07, 6.45) is 6.38. The first-order valence-electron chi connectivity index (χ1n) is 8.84. The summed E-state index contributed by atoms with van der Waals surface area (Å²) in [5.74, 6) is 0.724. The number of fused-ring (bicyclic) bond motifs is 1. The molecule has 1 aliphatic rings. The summed E-state index contributed by atoms with van der Waals surface area (Å²) in [6.45, 7) is 2.28. The second-order valence-corrected chi connectivity index (χ2v) is 9.45. The van der Waals surface area contributed by atoms with E-state index in [1.54, 1.807) is 12.1 Å². The number of nitrogens with one attached hydrogen (secondary N) is 2. The fourth-order valence-electron chi connectivity index (χ4n) is 3.12. The van der Waals surface area contributed by atoms with Crippen LogP contribution in [0.4, 0.5) is 10.8 Å². The van der Waals surface area contributed by atoms with E-state index >= 15 is 0 Å². The van der Waals surface area contributed by atoms with Crippen LogP contribution in [0.15, 0.2) is 40.9 Å². The van der Waals surface area contributed by atoms with Crippen molar-refractivity contribution in [3.8, 4) is 11.3 Å². The molecule has 0 saturated carbocycles. The number of benzene rings is 1. The molecule has 0 spiro atoms. The molecule has 2 aromatic heterocycles. The normalized spacial score (nSPS) is 13.8. The van der Waals surface area contributed by atoms with Gasteiger partial charge in [-0.1, -0.05) is 29.5 Å². The number of hydrogen-bond donors (Lipinski definition) is 2. The van der Waals surface area contributed by atoms with Crippen LogP contribution in [-0.4, -0.2) is 28.9 Å². The summed E-state index contributed by atoms with van der Waals surface area (Å²) in [6, 6.07) is 7.18. The van der Waals surface area contributed by atoms with E-state index < -0.39 is 10.0 Å². The maximum atomic E-state index is 12.8. The highest BCUT2D eigenvalue weighted by molar-refractivity contribution is 7.94. The van der Waals surface area contributed by atoms with Gasteiger partial charge in [0.25, 0.3) is 10.0 Å². The van der Waals surface area contributed by atoms with Crippen molar-refractivity contribution in [3.05, 3.63) is 42.5 Å². The molecule has 0 radical (unpaired) electrons. The number of anilines is 2. The highest BCUT2D eigenvalue weighted by Gasteiger charge is 2.21. The van der Waals surface area contributed by atoms with Crippen LogP contribution in [0.5, 0.6) is 0 Å². The fraction of sp³-hybridized carbons (Fsp3) is 0.278. The standard InChI is InChI=1S/C18H19N5O3S2/c1-12(24)20-18-19-10-17(27-18)28(25,26)22-14-7-3-2-6-13(14)15-11-23-9-5-4-8-16(23)21-15/h2-3,6-7,10-11,22H,4-5,8-9H2,1H3,(H,19,20,24). The second kappa shape index (κ2) is 7.36. The number of thiazole rings is 1. The van der Waals surface area contributed by atoms with E-state index in [4.69, 9.17) is 4.98 Å². The maximum Gasteiger partial charge on any atom is 0.273 e. The van der Waals surface area contributed by atoms with E-state index in [1.807, 2.05) is 18.3 Å². The van der Waals surface area contributed by atoms with Crippen LogP contribution in [0.25, 0.3) is 11.3 Å². The first-order chi connectivity index (χ1) is 13.4. The zero-order valence-corrected chi connectivity index (χ0v) is 16.8. The number of amides is 1. The smallest absolute Gasteiger partial charge is 0.273 e. The van der Waals surface area contributed by atoms with Crippen molar-refractivity contribution in [2.75, 3.05) is 10.0 Å². The number of sulfonamides is 1. The van der Waals surface area contributed by atoms with E-state index in [-0.39, 0.29) is 15.2 Å². The molecule has 4 rings (SSSR count). The van der Waals surface area contributed by atoms with Crippen LogP contribution in [0.3, 0.4) is 0 Å². The van der Waals surface area contributed by atoms with Gasteiger partial charge in [0.2, 0.25) is 5.91 Å². The van der Waals surface area contributed by atoms with Gasteiger partial charge < -0.3 is 9.88 Å². The monoisotopic (exact) mass is 417 g/mol. The van der Waals surface area contributed by atoms with Gasteiger partial charge >= 0.3 is 0 Å². The van der Waals surface area contributed by atoms with E-state index in [0.29, 0.717) is 5.69 Å². The Balaban J connectivity index is 1.64. The maximum absolute atomic E-state index is 12.8. The largest absolute Gasteiger partial charge is 0.334 e. The van der Waals surface area contributed by atoms with Crippen molar-refractivity contribution in [1.82, 2.24) is 14.5 Å². The molecule has 0 aliphatic carbocycles. The van der Waals surface area contributed by atoms with E-state index in [0.717, 1.165) is 54.2 Å². The zero-order chi connectivity index (χ0) is 19.7. The van der Waals surface area contributed by atoms with Gasteiger partial charge in [-0.3, -0.25) is 9.52 Å². The van der Waals surface area contributed by atoms with Crippen LogP contribution in [0.1, 0.15) is 25.6 Å². The molecular formula is C18H19N5O3S2. The number of carbonyl (C=O) groups is 1. The molecule has 0 atom stereocenters. The molecule has 28 heavy (non-hydrogen) atoms. The molecule has 1 amide bonds. The Hall–Kier alpha value is -2.72. The molecule has 3 heterocycles. The SMILES string of the molecule is CC(=O)Nc1ncc(S(=O)(=O)Nc2ccccc2-c2cn3c(n2)CCCC3)s1. The molecule has 1 aliphatic heterocycles. The molecular weight excluding hydrogens is 398 g/mol. The molecule has 8 nitrogen and oxygen atoms in total.